The number of aromatic hydroxyl groups is 3. The van der Waals surface area contributed by atoms with Crippen molar-refractivity contribution in [1.82, 2.24) is 0 Å². The molecule has 12 aromatic carbocycles. The average Bonchev–Trinajstić information content (AvgIpc) is 0.798. The monoisotopic (exact) mass is 1420 g/mol. The minimum Gasteiger partial charge on any atom is -0.744 e. The number of phenols is 3. The third-order valence-electron chi connectivity index (χ3n) is 13.9. The highest BCUT2D eigenvalue weighted by molar-refractivity contribution is 7.87. The highest BCUT2D eigenvalue weighted by atomic mass is 32.2. The van der Waals surface area contributed by atoms with Crippen molar-refractivity contribution in [2.75, 3.05) is 0 Å². The molecule has 0 aliphatic rings. The quantitative estimate of drug-likeness (QED) is 0.0581. The van der Waals surface area contributed by atoms with Gasteiger partial charge in [-0.2, -0.15) is 0 Å². The van der Waals surface area contributed by atoms with Gasteiger partial charge in [0, 0.05) is 99.4 Å². The first-order chi connectivity index (χ1) is 43.7. The van der Waals surface area contributed by atoms with E-state index in [-0.39, 0.29) is 135 Å². The van der Waals surface area contributed by atoms with Crippen LogP contribution >= 0.6 is 0 Å². The zero-order valence-electron chi connectivity index (χ0n) is 47.5. The Morgan fingerprint density at radius 2 is 0.368 bits per heavy atom. The largest absolute Gasteiger partial charge is 0.744 e. The second-order valence-electron chi connectivity index (χ2n) is 19.6. The fraction of sp³-hybridized carbons (Fsp3) is 0. The smallest absolute Gasteiger partial charge is 0.150 e. The molecule has 0 atom stereocenters. The summed E-state index contributed by atoms with van der Waals surface area (Å²) in [7, 11) is -28.8. The van der Waals surface area contributed by atoms with Crippen LogP contribution in [0.4, 0.5) is 34.1 Å². The van der Waals surface area contributed by atoms with Crippen LogP contribution in [0.3, 0.4) is 0 Å². The van der Waals surface area contributed by atoms with Crippen molar-refractivity contribution >= 4 is 194 Å². The van der Waals surface area contributed by atoms with E-state index in [0.717, 1.165) is 36.4 Å². The van der Waals surface area contributed by atoms with Crippen LogP contribution in [-0.2, 0) is 60.7 Å². The van der Waals surface area contributed by atoms with Crippen molar-refractivity contribution < 1.29 is 93.1 Å². The molecule has 0 heterocycles. The maximum absolute atomic E-state index is 11.7. The maximum Gasteiger partial charge on any atom is 0.150 e. The van der Waals surface area contributed by atoms with E-state index in [4.69, 9.17) is 0 Å². The van der Waals surface area contributed by atoms with Crippen molar-refractivity contribution in [2.24, 2.45) is 30.7 Å². The lowest BCUT2D eigenvalue weighted by Gasteiger charge is -2.13. The lowest BCUT2D eigenvalue weighted by Crippen LogP contribution is -1.99. The molecule has 0 aromatic heterocycles. The first-order valence-corrected chi connectivity index (χ1v) is 34.5. The molecule has 12 aromatic rings. The van der Waals surface area contributed by atoms with Crippen molar-refractivity contribution in [2.45, 2.75) is 29.4 Å². The summed E-state index contributed by atoms with van der Waals surface area (Å²) >= 11 is 0. The molecule has 0 aliphatic carbocycles. The van der Waals surface area contributed by atoms with Crippen LogP contribution in [0.15, 0.2) is 260 Å². The van der Waals surface area contributed by atoms with Crippen molar-refractivity contribution in [1.29, 1.82) is 0 Å². The van der Waals surface area contributed by atoms with E-state index in [1.54, 1.807) is 54.6 Å². The fourth-order valence-corrected chi connectivity index (χ4v) is 13.9. The molecule has 27 nitrogen and oxygen atoms in total. The molecule has 0 saturated heterocycles. The molecular weight excluding hydrogens is 1390 g/mol. The normalized spacial score (nSPS) is 12.4. The number of phenolic OH excluding ortho intramolecular Hbond substituents is 3. The van der Waals surface area contributed by atoms with E-state index in [2.05, 4.69) is 30.7 Å². The van der Waals surface area contributed by atoms with Gasteiger partial charge in [-0.3, -0.25) is 0 Å². The summed E-state index contributed by atoms with van der Waals surface area (Å²) in [6.45, 7) is 0. The fourth-order valence-electron chi connectivity index (χ4n) is 9.79. The molecule has 95 heavy (non-hydrogen) atoms. The highest BCUT2D eigenvalue weighted by Crippen LogP contribution is 2.44. The van der Waals surface area contributed by atoms with E-state index in [1.165, 1.54) is 109 Å². The molecule has 0 unspecified atom stereocenters. The molecule has 0 aliphatic heterocycles. The lowest BCUT2D eigenvalue weighted by molar-refractivity contribution is 0.461. The molecule has 0 saturated carbocycles. The lowest BCUT2D eigenvalue weighted by atomic mass is 10.1. The van der Waals surface area contributed by atoms with E-state index in [1.807, 2.05) is 0 Å². The van der Waals surface area contributed by atoms with Gasteiger partial charge in [-0.05, 0) is 54.6 Å². The third kappa shape index (κ3) is 15.4. The summed E-state index contributed by atoms with van der Waals surface area (Å²) in [6, 6.07) is 45.9. The van der Waals surface area contributed by atoms with E-state index < -0.39 is 90.1 Å². The highest BCUT2D eigenvalue weighted by Gasteiger charge is 2.20. The van der Waals surface area contributed by atoms with Gasteiger partial charge in [0.15, 0.2) is 17.2 Å². The predicted molar refractivity (Wildman–Crippen MR) is 340 cm³/mol. The van der Waals surface area contributed by atoms with E-state index in [9.17, 15) is 93.1 Å². The first kappa shape index (κ1) is 71.8. The summed E-state index contributed by atoms with van der Waals surface area (Å²) in [4.78, 5) is -2.95. The van der Waals surface area contributed by atoms with Crippen LogP contribution in [0.1, 0.15) is 0 Å². The molecule has 0 spiro atoms. The predicted octanol–water partition coefficient (Wildman–Crippen LogP) is 11.0. The van der Waals surface area contributed by atoms with Gasteiger partial charge >= 0.3 is 0 Å². The molecule has 0 amide bonds. The van der Waals surface area contributed by atoms with Gasteiger partial charge in [0.1, 0.15) is 77.8 Å². The van der Waals surface area contributed by atoms with Gasteiger partial charge in [-0.15, -0.1) is 30.7 Å². The Labute approximate surface area is 560 Å². The van der Waals surface area contributed by atoms with Gasteiger partial charge in [-0.1, -0.05) is 146 Å². The van der Waals surface area contributed by atoms with Gasteiger partial charge in [0.05, 0.1) is 46.4 Å². The molecule has 0 fully saturated rings. The molecular formula is C60H36Al2N6O21S6-6. The standard InChI is InChI=1S/3C20H14N2O7S2.2Al/c3*23-20-15-8-4-3-7-14(15)19(31(27,28)29)11-17(20)22-21-16-9-10-18(30(24,25)26)13-6-2-1-5-12(13)16;;/h3*1-11,23H,(H,24,25,26)(H,27,28,29);;/p-6. The van der Waals surface area contributed by atoms with Crippen molar-refractivity contribution in [3.63, 3.8) is 0 Å². The SMILES string of the molecule is O=S(=O)([O-])c1ccc(N=Nc2cc(S(=O)(=O)[O-])c3ccccc3c2O)c2ccccc12.O=S(=O)([O-])c1ccc(N=Nc2cc(S(=O)(=O)[O-])c3ccccc3c2O)c2ccccc12.O=S(=O)([O-])c1ccc(N=Nc2cc(S(=O)(=O)[O-])c3ccccc3c2O)c2ccccc12.[Al].[Al]. The first-order valence-electron chi connectivity index (χ1n) is 26.0. The van der Waals surface area contributed by atoms with Crippen LogP contribution in [-0.4, -0.2) is 128 Å². The van der Waals surface area contributed by atoms with Crippen LogP contribution < -0.4 is 0 Å². The number of benzene rings is 12. The zero-order valence-corrected chi connectivity index (χ0v) is 54.7. The molecule has 35 heteroatoms. The molecule has 12 rings (SSSR count). The van der Waals surface area contributed by atoms with Crippen LogP contribution in [0.5, 0.6) is 17.2 Å². The summed E-state index contributed by atoms with van der Waals surface area (Å²) in [5.74, 6) is -1.14. The number of hydrogen-bond acceptors (Lipinski definition) is 27. The molecule has 3 N–H and O–H groups in total. The van der Waals surface area contributed by atoms with Crippen LogP contribution in [0.2, 0.25) is 0 Å². The van der Waals surface area contributed by atoms with E-state index >= 15 is 0 Å². The Morgan fingerprint density at radius 1 is 0.211 bits per heavy atom. The summed E-state index contributed by atoms with van der Waals surface area (Å²) in [5.41, 5.74) is -0.292. The van der Waals surface area contributed by atoms with Crippen molar-refractivity contribution in [3.05, 3.63) is 200 Å². The Balaban J connectivity index is 0.000000181. The van der Waals surface area contributed by atoms with Gasteiger partial charge in [-0.25, -0.2) is 50.5 Å². The Kier molecular flexibility index (Phi) is 20.9. The minimum absolute atomic E-state index is 0. The van der Waals surface area contributed by atoms with Gasteiger partial charge < -0.3 is 42.6 Å². The van der Waals surface area contributed by atoms with Crippen LogP contribution in [0.25, 0.3) is 64.6 Å². The summed E-state index contributed by atoms with van der Waals surface area (Å²) in [6.07, 6.45) is 0. The molecule has 6 radical (unpaired) electrons. The number of nitrogens with zero attached hydrogens (tertiary/aromatic N) is 6. The maximum atomic E-state index is 11.7. The van der Waals surface area contributed by atoms with Gasteiger partial charge in [0.25, 0.3) is 0 Å². The minimum atomic E-state index is -4.87. The number of rotatable bonds is 12. The number of hydrogen-bond donors (Lipinski definition) is 3. The second kappa shape index (κ2) is 27.7. The third-order valence-corrected chi connectivity index (χ3v) is 19.2. The second-order valence-corrected chi connectivity index (χ2v) is 27.7. The molecule has 480 valence electrons. The zero-order chi connectivity index (χ0) is 67.2. The number of azo groups is 3. The summed E-state index contributed by atoms with van der Waals surface area (Å²) < 4.78 is 209. The Morgan fingerprint density at radius 3 is 0.558 bits per heavy atom. The average molecular weight is 1420 g/mol. The Bertz CT molecular complexity index is 5380. The van der Waals surface area contributed by atoms with Gasteiger partial charge in [0.2, 0.25) is 0 Å². The van der Waals surface area contributed by atoms with Crippen molar-refractivity contribution in [3.8, 4) is 17.2 Å². The Hall–Kier alpha value is -9.08. The topological polar surface area (TPSA) is 478 Å². The van der Waals surface area contributed by atoms with E-state index in [0.29, 0.717) is 16.2 Å². The van der Waals surface area contributed by atoms with Crippen LogP contribution in [0, 0.1) is 0 Å². The number of fused-ring (bicyclic) bond motifs is 6. The summed E-state index contributed by atoms with van der Waals surface area (Å²) in [5, 5.41) is 56.9. The molecule has 0 bridgehead atoms.